The van der Waals surface area contributed by atoms with Gasteiger partial charge in [0.1, 0.15) is 0 Å². The number of imidazole rings is 1. The Hall–Kier alpha value is -2.02. The summed E-state index contributed by atoms with van der Waals surface area (Å²) in [4.78, 5) is 7.05. The molecule has 3 aromatic rings. The number of anilines is 2. The number of hydrogen-bond donors (Lipinski definition) is 2. The van der Waals surface area contributed by atoms with Gasteiger partial charge < -0.3 is 10.3 Å². The number of nitrogens with zero attached hydrogens (tertiary/aromatic N) is 1. The second-order valence-electron chi connectivity index (χ2n) is 4.45. The van der Waals surface area contributed by atoms with Crippen molar-refractivity contribution in [3.05, 3.63) is 52.5 Å². The highest BCUT2D eigenvalue weighted by atomic mass is 79.9. The fourth-order valence-electron chi connectivity index (χ4n) is 1.92. The lowest BCUT2D eigenvalue weighted by molar-refractivity contribution is -0.137. The van der Waals surface area contributed by atoms with Gasteiger partial charge in [0.25, 0.3) is 0 Å². The lowest BCUT2D eigenvalue weighted by Gasteiger charge is -2.05. The molecule has 0 radical (unpaired) electrons. The first-order valence-electron chi connectivity index (χ1n) is 6.01. The lowest BCUT2D eigenvalue weighted by atomic mass is 10.2. The summed E-state index contributed by atoms with van der Waals surface area (Å²) in [6.45, 7) is 0. The second-order valence-corrected chi connectivity index (χ2v) is 5.36. The van der Waals surface area contributed by atoms with Crippen LogP contribution in [0.4, 0.5) is 24.8 Å². The summed E-state index contributed by atoms with van der Waals surface area (Å²) in [6, 6.07) is 10.8. The van der Waals surface area contributed by atoms with Crippen molar-refractivity contribution in [2.75, 3.05) is 5.32 Å². The van der Waals surface area contributed by atoms with Gasteiger partial charge in [0, 0.05) is 10.2 Å². The van der Waals surface area contributed by atoms with Crippen LogP contribution in [0.5, 0.6) is 0 Å². The van der Waals surface area contributed by atoms with Crippen LogP contribution in [0.2, 0.25) is 0 Å². The number of benzene rings is 2. The summed E-state index contributed by atoms with van der Waals surface area (Å²) in [7, 11) is 0. The first kappa shape index (κ1) is 13.9. The summed E-state index contributed by atoms with van der Waals surface area (Å²) in [6.07, 6.45) is -4.36. The van der Waals surface area contributed by atoms with Crippen LogP contribution in [0.1, 0.15) is 5.56 Å². The second kappa shape index (κ2) is 5.07. The predicted octanol–water partition coefficient (Wildman–Crippen LogP) is 5.09. The van der Waals surface area contributed by atoms with Gasteiger partial charge in [0.15, 0.2) is 0 Å². The molecule has 0 aliphatic carbocycles. The molecular weight excluding hydrogens is 347 g/mol. The number of H-pyrrole nitrogens is 1. The smallest absolute Gasteiger partial charge is 0.326 e. The molecule has 0 aliphatic heterocycles. The van der Waals surface area contributed by atoms with Crippen LogP contribution in [0.25, 0.3) is 11.0 Å². The number of fused-ring (bicyclic) bond motifs is 1. The zero-order valence-electron chi connectivity index (χ0n) is 10.5. The van der Waals surface area contributed by atoms with Crippen LogP contribution in [0.3, 0.4) is 0 Å². The summed E-state index contributed by atoms with van der Waals surface area (Å²) in [5, 5.41) is 3.01. The maximum absolute atomic E-state index is 12.7. The number of aromatic amines is 1. The van der Waals surface area contributed by atoms with Gasteiger partial charge in [-0.2, -0.15) is 13.2 Å². The molecule has 21 heavy (non-hydrogen) atoms. The third kappa shape index (κ3) is 3.02. The first-order chi connectivity index (χ1) is 9.91. The van der Waals surface area contributed by atoms with E-state index < -0.39 is 11.7 Å². The SMILES string of the molecule is FC(F)(F)c1ccc2nc(Nc3ccc(Br)cc3)[nH]c2c1. The third-order valence-electron chi connectivity index (χ3n) is 2.92. The Bertz CT molecular complexity index is 778. The molecule has 3 nitrogen and oxygen atoms in total. The molecule has 0 saturated heterocycles. The summed E-state index contributed by atoms with van der Waals surface area (Å²) < 4.78 is 38.9. The number of aromatic nitrogens is 2. The molecule has 0 saturated carbocycles. The predicted molar refractivity (Wildman–Crippen MR) is 78.5 cm³/mol. The first-order valence-corrected chi connectivity index (χ1v) is 6.81. The molecule has 0 aliphatic rings. The molecule has 2 N–H and O–H groups in total. The van der Waals surface area contributed by atoms with Crippen molar-refractivity contribution in [3.63, 3.8) is 0 Å². The molecule has 0 amide bonds. The molecule has 1 aromatic heterocycles. The fraction of sp³-hybridized carbons (Fsp3) is 0.0714. The van der Waals surface area contributed by atoms with Crippen LogP contribution in [0, 0.1) is 0 Å². The minimum absolute atomic E-state index is 0.337. The van der Waals surface area contributed by atoms with E-state index in [1.165, 1.54) is 6.07 Å². The van der Waals surface area contributed by atoms with Crippen LogP contribution in [-0.2, 0) is 6.18 Å². The van der Waals surface area contributed by atoms with Crippen molar-refractivity contribution in [1.29, 1.82) is 0 Å². The summed E-state index contributed by atoms with van der Waals surface area (Å²) in [5.74, 6) is 0.395. The molecule has 2 aromatic carbocycles. The zero-order valence-corrected chi connectivity index (χ0v) is 12.1. The van der Waals surface area contributed by atoms with E-state index in [9.17, 15) is 13.2 Å². The topological polar surface area (TPSA) is 40.7 Å². The van der Waals surface area contributed by atoms with Gasteiger partial charge in [0.2, 0.25) is 5.95 Å². The minimum Gasteiger partial charge on any atom is -0.326 e. The van der Waals surface area contributed by atoms with E-state index in [1.807, 2.05) is 24.3 Å². The van der Waals surface area contributed by atoms with E-state index in [0.717, 1.165) is 22.3 Å². The van der Waals surface area contributed by atoms with Crippen molar-refractivity contribution in [1.82, 2.24) is 9.97 Å². The Labute approximate surface area is 126 Å². The van der Waals surface area contributed by atoms with Crippen LogP contribution in [-0.4, -0.2) is 9.97 Å². The maximum Gasteiger partial charge on any atom is 0.416 e. The van der Waals surface area contributed by atoms with Crippen LogP contribution >= 0.6 is 15.9 Å². The van der Waals surface area contributed by atoms with Crippen molar-refractivity contribution < 1.29 is 13.2 Å². The van der Waals surface area contributed by atoms with Gasteiger partial charge in [-0.25, -0.2) is 4.98 Å². The van der Waals surface area contributed by atoms with Crippen LogP contribution in [0.15, 0.2) is 46.9 Å². The van der Waals surface area contributed by atoms with Gasteiger partial charge in [0.05, 0.1) is 16.6 Å². The molecule has 1 heterocycles. The molecule has 0 bridgehead atoms. The highest BCUT2D eigenvalue weighted by Crippen LogP contribution is 2.31. The molecule has 0 fully saturated rings. The summed E-state index contributed by atoms with van der Waals surface area (Å²) >= 11 is 3.33. The standard InChI is InChI=1S/C14H9BrF3N3/c15-9-2-4-10(5-3-9)19-13-20-11-6-1-8(14(16,17)18)7-12(11)21-13/h1-7H,(H2,19,20,21). The van der Waals surface area contributed by atoms with Crippen molar-refractivity contribution in [2.24, 2.45) is 0 Å². The highest BCUT2D eigenvalue weighted by Gasteiger charge is 2.30. The minimum atomic E-state index is -4.36. The number of alkyl halides is 3. The molecule has 0 spiro atoms. The Morgan fingerprint density at radius 2 is 1.76 bits per heavy atom. The Kier molecular flexibility index (Phi) is 3.36. The quantitative estimate of drug-likeness (QED) is 0.672. The van der Waals surface area contributed by atoms with E-state index in [4.69, 9.17) is 0 Å². The van der Waals surface area contributed by atoms with Crippen LogP contribution < -0.4 is 5.32 Å². The Morgan fingerprint density at radius 3 is 2.43 bits per heavy atom. The van der Waals surface area contributed by atoms with Gasteiger partial charge in [-0.3, -0.25) is 0 Å². The molecule has 108 valence electrons. The Balaban J connectivity index is 1.92. The van der Waals surface area contributed by atoms with Gasteiger partial charge in [-0.1, -0.05) is 15.9 Å². The zero-order chi connectivity index (χ0) is 15.0. The molecule has 3 rings (SSSR count). The normalized spacial score (nSPS) is 11.8. The fourth-order valence-corrected chi connectivity index (χ4v) is 2.18. The van der Waals surface area contributed by atoms with E-state index >= 15 is 0 Å². The Morgan fingerprint density at radius 1 is 1.05 bits per heavy atom. The monoisotopic (exact) mass is 355 g/mol. The van der Waals surface area contributed by atoms with E-state index in [1.54, 1.807) is 0 Å². The van der Waals surface area contributed by atoms with Crippen molar-refractivity contribution >= 4 is 38.6 Å². The van der Waals surface area contributed by atoms with Gasteiger partial charge in [-0.15, -0.1) is 0 Å². The highest BCUT2D eigenvalue weighted by molar-refractivity contribution is 9.10. The van der Waals surface area contributed by atoms with E-state index in [0.29, 0.717) is 17.0 Å². The van der Waals surface area contributed by atoms with E-state index in [-0.39, 0.29) is 0 Å². The van der Waals surface area contributed by atoms with Crippen molar-refractivity contribution in [3.8, 4) is 0 Å². The molecular formula is C14H9BrF3N3. The molecule has 0 unspecified atom stereocenters. The third-order valence-corrected chi connectivity index (χ3v) is 3.44. The molecule has 0 atom stereocenters. The number of halogens is 4. The molecule has 7 heteroatoms. The van der Waals surface area contributed by atoms with Gasteiger partial charge in [-0.05, 0) is 42.5 Å². The average Bonchev–Trinajstić information content (AvgIpc) is 2.81. The van der Waals surface area contributed by atoms with E-state index in [2.05, 4.69) is 31.2 Å². The maximum atomic E-state index is 12.7. The number of nitrogens with one attached hydrogen (secondary N) is 2. The number of rotatable bonds is 2. The number of hydrogen-bond acceptors (Lipinski definition) is 2. The van der Waals surface area contributed by atoms with Gasteiger partial charge >= 0.3 is 6.18 Å². The average molecular weight is 356 g/mol. The summed E-state index contributed by atoms with van der Waals surface area (Å²) in [5.41, 5.74) is 0.897. The lowest BCUT2D eigenvalue weighted by Crippen LogP contribution is -2.04. The largest absolute Gasteiger partial charge is 0.416 e. The van der Waals surface area contributed by atoms with Crippen molar-refractivity contribution in [2.45, 2.75) is 6.18 Å².